The van der Waals surface area contributed by atoms with Gasteiger partial charge in [0, 0.05) is 7.11 Å². The normalized spacial score (nSPS) is 11.9. The van der Waals surface area contributed by atoms with Crippen LogP contribution in [0.1, 0.15) is 19.8 Å². The van der Waals surface area contributed by atoms with Gasteiger partial charge in [0.1, 0.15) is 0 Å². The van der Waals surface area contributed by atoms with Crippen LogP contribution in [-0.2, 0) is 23.8 Å². The molecule has 0 bridgehead atoms. The largest absolute Gasteiger partial charge is 0.469 e. The molecule has 0 amide bonds. The summed E-state index contributed by atoms with van der Waals surface area (Å²) in [6.45, 7) is 2.05. The molecule has 0 aromatic heterocycles. The molecule has 0 N–H and O–H groups in total. The van der Waals surface area contributed by atoms with Gasteiger partial charge in [-0.25, -0.2) is 0 Å². The minimum absolute atomic E-state index is 0.0613. The zero-order valence-corrected chi connectivity index (χ0v) is 8.74. The van der Waals surface area contributed by atoms with Crippen LogP contribution in [0.3, 0.4) is 0 Å². The van der Waals surface area contributed by atoms with Crippen molar-refractivity contribution in [3.63, 3.8) is 0 Å². The van der Waals surface area contributed by atoms with E-state index in [-0.39, 0.29) is 18.8 Å². The van der Waals surface area contributed by atoms with E-state index in [2.05, 4.69) is 4.74 Å². The zero-order chi connectivity index (χ0) is 11.0. The van der Waals surface area contributed by atoms with E-state index in [0.717, 1.165) is 0 Å². The summed E-state index contributed by atoms with van der Waals surface area (Å²) in [4.78, 5) is 21.9. The van der Waals surface area contributed by atoms with Crippen LogP contribution in [0.25, 0.3) is 0 Å². The molecule has 0 heterocycles. The van der Waals surface area contributed by atoms with Crippen LogP contribution in [0, 0.1) is 0 Å². The summed E-state index contributed by atoms with van der Waals surface area (Å²) in [5, 5.41) is 0. The van der Waals surface area contributed by atoms with Crippen molar-refractivity contribution in [2.75, 3.05) is 20.8 Å². The van der Waals surface area contributed by atoms with E-state index >= 15 is 0 Å². The summed E-state index contributed by atoms with van der Waals surface area (Å²) in [6, 6.07) is 0. The molecule has 0 aliphatic rings. The monoisotopic (exact) mass is 204 g/mol. The molecular formula is C9H16O5. The van der Waals surface area contributed by atoms with Crippen LogP contribution in [0.5, 0.6) is 0 Å². The van der Waals surface area contributed by atoms with Gasteiger partial charge in [-0.2, -0.15) is 0 Å². The predicted octanol–water partition coefficient (Wildman–Crippen LogP) is 0.518. The van der Waals surface area contributed by atoms with Crippen molar-refractivity contribution in [2.45, 2.75) is 25.9 Å². The SMILES string of the molecule is CCOC(=O)CC(CC(=O)OC)OC. The average Bonchev–Trinajstić information content (AvgIpc) is 2.16. The molecule has 0 rings (SSSR count). The summed E-state index contributed by atoms with van der Waals surface area (Å²) in [5.41, 5.74) is 0. The van der Waals surface area contributed by atoms with Gasteiger partial charge in [-0.3, -0.25) is 9.59 Å². The first-order valence-corrected chi connectivity index (χ1v) is 4.39. The Balaban J connectivity index is 3.89. The Morgan fingerprint density at radius 3 is 2.14 bits per heavy atom. The Hall–Kier alpha value is -1.10. The highest BCUT2D eigenvalue weighted by atomic mass is 16.5. The smallest absolute Gasteiger partial charge is 0.308 e. The standard InChI is InChI=1S/C9H16O5/c1-4-14-9(11)6-7(12-2)5-8(10)13-3/h7H,4-6H2,1-3H3. The van der Waals surface area contributed by atoms with Crippen molar-refractivity contribution in [1.82, 2.24) is 0 Å². The Labute approximate surface area is 83.3 Å². The number of carbonyl (C=O) groups excluding carboxylic acids is 2. The minimum atomic E-state index is -0.471. The predicted molar refractivity (Wildman–Crippen MR) is 48.7 cm³/mol. The van der Waals surface area contributed by atoms with Gasteiger partial charge >= 0.3 is 11.9 Å². The van der Waals surface area contributed by atoms with Gasteiger partial charge in [-0.1, -0.05) is 0 Å². The first-order valence-electron chi connectivity index (χ1n) is 4.39. The van der Waals surface area contributed by atoms with Gasteiger partial charge in [0.2, 0.25) is 0 Å². The maximum atomic E-state index is 11.0. The number of hydrogen-bond donors (Lipinski definition) is 0. The Morgan fingerprint density at radius 2 is 1.71 bits per heavy atom. The van der Waals surface area contributed by atoms with E-state index in [9.17, 15) is 9.59 Å². The maximum Gasteiger partial charge on any atom is 0.308 e. The fourth-order valence-corrected chi connectivity index (χ4v) is 0.914. The molecule has 14 heavy (non-hydrogen) atoms. The first-order chi connectivity index (χ1) is 6.63. The summed E-state index contributed by atoms with van der Waals surface area (Å²) in [5.74, 6) is -0.774. The Morgan fingerprint density at radius 1 is 1.14 bits per heavy atom. The lowest BCUT2D eigenvalue weighted by Crippen LogP contribution is -2.22. The topological polar surface area (TPSA) is 61.8 Å². The molecule has 0 aliphatic carbocycles. The molecule has 1 atom stereocenters. The van der Waals surface area contributed by atoms with Crippen LogP contribution in [0.2, 0.25) is 0 Å². The second-order valence-electron chi connectivity index (χ2n) is 2.65. The number of rotatable bonds is 6. The molecule has 0 saturated heterocycles. The lowest BCUT2D eigenvalue weighted by molar-refractivity contribution is -0.148. The summed E-state index contributed by atoms with van der Waals surface area (Å²) >= 11 is 0. The number of esters is 2. The molecule has 0 aromatic rings. The van der Waals surface area contributed by atoms with Crippen LogP contribution in [0.4, 0.5) is 0 Å². The second-order valence-corrected chi connectivity index (χ2v) is 2.65. The Bertz CT molecular complexity index is 190. The summed E-state index contributed by atoms with van der Waals surface area (Å²) in [7, 11) is 2.73. The lowest BCUT2D eigenvalue weighted by Gasteiger charge is -2.12. The van der Waals surface area contributed by atoms with Gasteiger partial charge in [-0.15, -0.1) is 0 Å². The van der Waals surface area contributed by atoms with Gasteiger partial charge < -0.3 is 14.2 Å². The first kappa shape index (κ1) is 12.9. The van der Waals surface area contributed by atoms with E-state index in [4.69, 9.17) is 9.47 Å². The molecule has 1 unspecified atom stereocenters. The molecular weight excluding hydrogens is 188 g/mol. The van der Waals surface area contributed by atoms with Gasteiger partial charge in [0.25, 0.3) is 0 Å². The number of methoxy groups -OCH3 is 2. The average molecular weight is 204 g/mol. The van der Waals surface area contributed by atoms with Crippen LogP contribution in [-0.4, -0.2) is 38.9 Å². The van der Waals surface area contributed by atoms with Crippen molar-refractivity contribution in [2.24, 2.45) is 0 Å². The summed E-state index contributed by atoms with van der Waals surface area (Å²) < 4.78 is 14.1. The maximum absolute atomic E-state index is 11.0. The highest BCUT2D eigenvalue weighted by Gasteiger charge is 2.17. The third-order valence-electron chi connectivity index (χ3n) is 1.66. The van der Waals surface area contributed by atoms with E-state index in [1.807, 2.05) is 0 Å². The second kappa shape index (κ2) is 7.32. The van der Waals surface area contributed by atoms with E-state index < -0.39 is 12.1 Å². The van der Waals surface area contributed by atoms with Crippen molar-refractivity contribution < 1.29 is 23.8 Å². The highest BCUT2D eigenvalue weighted by molar-refractivity contribution is 5.73. The van der Waals surface area contributed by atoms with Crippen LogP contribution in [0.15, 0.2) is 0 Å². The van der Waals surface area contributed by atoms with E-state index in [1.165, 1.54) is 14.2 Å². The number of ether oxygens (including phenoxy) is 3. The van der Waals surface area contributed by atoms with E-state index in [1.54, 1.807) is 6.92 Å². The third-order valence-corrected chi connectivity index (χ3v) is 1.66. The quantitative estimate of drug-likeness (QED) is 0.590. The van der Waals surface area contributed by atoms with Gasteiger partial charge in [0.15, 0.2) is 0 Å². The van der Waals surface area contributed by atoms with Crippen molar-refractivity contribution in [3.05, 3.63) is 0 Å². The zero-order valence-electron chi connectivity index (χ0n) is 8.74. The summed E-state index contributed by atoms with van der Waals surface area (Å²) in [6.07, 6.45) is -0.341. The molecule has 0 spiro atoms. The fraction of sp³-hybridized carbons (Fsp3) is 0.778. The lowest BCUT2D eigenvalue weighted by atomic mass is 10.2. The molecule has 0 aromatic carbocycles. The van der Waals surface area contributed by atoms with Gasteiger partial charge in [-0.05, 0) is 6.92 Å². The molecule has 0 saturated carbocycles. The molecule has 82 valence electrons. The van der Waals surface area contributed by atoms with Crippen LogP contribution >= 0.6 is 0 Å². The number of hydrogen-bond acceptors (Lipinski definition) is 5. The van der Waals surface area contributed by atoms with Gasteiger partial charge in [0.05, 0.1) is 32.7 Å². The third kappa shape index (κ3) is 5.53. The molecule has 0 aliphatic heterocycles. The van der Waals surface area contributed by atoms with Crippen molar-refractivity contribution in [3.8, 4) is 0 Å². The molecule has 0 radical (unpaired) electrons. The van der Waals surface area contributed by atoms with Crippen molar-refractivity contribution in [1.29, 1.82) is 0 Å². The molecule has 0 fully saturated rings. The molecule has 5 nitrogen and oxygen atoms in total. The van der Waals surface area contributed by atoms with Crippen molar-refractivity contribution >= 4 is 11.9 Å². The van der Waals surface area contributed by atoms with E-state index in [0.29, 0.717) is 6.61 Å². The van der Waals surface area contributed by atoms with Crippen LogP contribution < -0.4 is 0 Å². The Kier molecular flexibility index (Phi) is 6.74. The fourth-order valence-electron chi connectivity index (χ4n) is 0.914. The minimum Gasteiger partial charge on any atom is -0.469 e. The highest BCUT2D eigenvalue weighted by Crippen LogP contribution is 2.05. The number of carbonyl (C=O) groups is 2. The molecule has 5 heteroatoms.